The van der Waals surface area contributed by atoms with Crippen LogP contribution in [0, 0.1) is 0 Å². The molecule has 17 heavy (non-hydrogen) atoms. The number of aromatic amines is 1. The van der Waals surface area contributed by atoms with E-state index in [1.54, 1.807) is 6.07 Å². The first kappa shape index (κ1) is 10.8. The molecule has 7 N–H and O–H groups in total. The summed E-state index contributed by atoms with van der Waals surface area (Å²) in [6, 6.07) is 4.41. The van der Waals surface area contributed by atoms with E-state index >= 15 is 0 Å². The van der Waals surface area contributed by atoms with Crippen molar-refractivity contribution < 1.29 is 9.90 Å². The summed E-state index contributed by atoms with van der Waals surface area (Å²) in [6.07, 6.45) is 1.32. The number of benzene rings is 1. The van der Waals surface area contributed by atoms with Crippen LogP contribution in [0.4, 0.5) is 17.2 Å². The van der Waals surface area contributed by atoms with Crippen LogP contribution >= 0.6 is 0 Å². The largest absolute Gasteiger partial charge is 0.506 e. The number of phenols is 1. The zero-order valence-electron chi connectivity index (χ0n) is 8.77. The molecule has 0 radical (unpaired) electrons. The molecule has 0 spiro atoms. The van der Waals surface area contributed by atoms with Crippen LogP contribution in [0.3, 0.4) is 0 Å². The van der Waals surface area contributed by atoms with Crippen LogP contribution in [-0.4, -0.2) is 21.2 Å². The number of carbonyl (C=O) groups is 1. The summed E-state index contributed by atoms with van der Waals surface area (Å²) in [7, 11) is 0. The Hall–Kier alpha value is -2.70. The molecule has 0 fully saturated rings. The van der Waals surface area contributed by atoms with Gasteiger partial charge < -0.3 is 21.9 Å². The lowest BCUT2D eigenvalue weighted by Gasteiger charge is -2.05. The highest BCUT2D eigenvalue weighted by Gasteiger charge is 2.12. The van der Waals surface area contributed by atoms with Crippen LogP contribution in [0.1, 0.15) is 10.4 Å². The number of aromatic hydroxyl groups is 1. The van der Waals surface area contributed by atoms with Gasteiger partial charge in [-0.15, -0.1) is 0 Å². The van der Waals surface area contributed by atoms with Gasteiger partial charge in [0.1, 0.15) is 17.1 Å². The lowest BCUT2D eigenvalue weighted by molar-refractivity contribution is 0.102. The number of hydrogen-bond acceptors (Lipinski definition) is 5. The van der Waals surface area contributed by atoms with Crippen LogP contribution in [0.5, 0.6) is 5.75 Å². The van der Waals surface area contributed by atoms with E-state index in [-0.39, 0.29) is 22.8 Å². The summed E-state index contributed by atoms with van der Waals surface area (Å²) in [4.78, 5) is 11.7. The molecular formula is C10H11N5O2. The average molecular weight is 233 g/mol. The van der Waals surface area contributed by atoms with Crippen molar-refractivity contribution in [3.63, 3.8) is 0 Å². The minimum Gasteiger partial charge on any atom is -0.506 e. The summed E-state index contributed by atoms with van der Waals surface area (Å²) in [5.74, 6) is -0.328. The second kappa shape index (κ2) is 4.05. The van der Waals surface area contributed by atoms with E-state index in [9.17, 15) is 9.90 Å². The normalized spacial score (nSPS) is 10.1. The lowest BCUT2D eigenvalue weighted by Crippen LogP contribution is -2.12. The van der Waals surface area contributed by atoms with Crippen molar-refractivity contribution in [2.24, 2.45) is 0 Å². The summed E-state index contributed by atoms with van der Waals surface area (Å²) in [5, 5.41) is 18.0. The summed E-state index contributed by atoms with van der Waals surface area (Å²) in [5.41, 5.74) is 11.8. The molecule has 0 aliphatic heterocycles. The number of hydrogen-bond donors (Lipinski definition) is 5. The molecular weight excluding hydrogens is 222 g/mol. The van der Waals surface area contributed by atoms with E-state index in [0.717, 1.165) is 0 Å². The number of nitrogens with two attached hydrogens (primary N) is 2. The van der Waals surface area contributed by atoms with Gasteiger partial charge in [0.05, 0.1) is 11.9 Å². The van der Waals surface area contributed by atoms with E-state index in [1.165, 1.54) is 18.3 Å². The Kier molecular flexibility index (Phi) is 2.57. The van der Waals surface area contributed by atoms with Gasteiger partial charge >= 0.3 is 0 Å². The minimum atomic E-state index is -0.416. The van der Waals surface area contributed by atoms with Crippen molar-refractivity contribution in [2.75, 3.05) is 16.8 Å². The van der Waals surface area contributed by atoms with Crippen LogP contribution in [0.25, 0.3) is 0 Å². The Morgan fingerprint density at radius 3 is 2.76 bits per heavy atom. The molecule has 0 bridgehead atoms. The van der Waals surface area contributed by atoms with Crippen molar-refractivity contribution in [3.05, 3.63) is 30.0 Å². The molecule has 1 heterocycles. The number of phenolic OH excluding ortho intramolecular Hbond substituents is 1. The third kappa shape index (κ3) is 2.12. The number of carbonyl (C=O) groups excluding carboxylic acids is 1. The van der Waals surface area contributed by atoms with Crippen LogP contribution in [0.2, 0.25) is 0 Å². The molecule has 1 amide bonds. The predicted molar refractivity (Wildman–Crippen MR) is 63.5 cm³/mol. The number of rotatable bonds is 2. The smallest absolute Gasteiger partial charge is 0.261 e. The van der Waals surface area contributed by atoms with Gasteiger partial charge in [-0.1, -0.05) is 0 Å². The number of aromatic nitrogens is 2. The molecule has 7 nitrogen and oxygen atoms in total. The van der Waals surface area contributed by atoms with Crippen molar-refractivity contribution >= 4 is 23.1 Å². The molecule has 0 aliphatic rings. The Morgan fingerprint density at radius 1 is 1.41 bits per heavy atom. The maximum atomic E-state index is 11.7. The van der Waals surface area contributed by atoms with E-state index in [2.05, 4.69) is 15.5 Å². The Balaban J connectivity index is 2.19. The zero-order valence-corrected chi connectivity index (χ0v) is 8.77. The van der Waals surface area contributed by atoms with Gasteiger partial charge in [-0.3, -0.25) is 9.89 Å². The van der Waals surface area contributed by atoms with Gasteiger partial charge in [0, 0.05) is 11.8 Å². The van der Waals surface area contributed by atoms with Crippen molar-refractivity contribution in [1.82, 2.24) is 10.2 Å². The third-order valence-electron chi connectivity index (χ3n) is 2.20. The molecule has 0 unspecified atom stereocenters. The van der Waals surface area contributed by atoms with E-state index in [1.807, 2.05) is 0 Å². The van der Waals surface area contributed by atoms with Gasteiger partial charge in [0.15, 0.2) is 0 Å². The number of nitrogens with zero attached hydrogens (tertiary/aromatic N) is 1. The highest BCUT2D eigenvalue weighted by molar-refractivity contribution is 6.07. The standard InChI is InChI=1S/C10H11N5O2/c11-7-2-1-5(3-8(7)16)14-10(17)6-4-13-15-9(6)12/h1-4,16H,11H2,(H,14,17)(H3,12,13,15). The molecule has 1 aromatic heterocycles. The minimum absolute atomic E-state index is 0.0945. The fourth-order valence-electron chi connectivity index (χ4n) is 1.30. The van der Waals surface area contributed by atoms with Crippen LogP contribution < -0.4 is 16.8 Å². The van der Waals surface area contributed by atoms with Gasteiger partial charge in [0.25, 0.3) is 5.91 Å². The van der Waals surface area contributed by atoms with Crippen LogP contribution in [0.15, 0.2) is 24.4 Å². The highest BCUT2D eigenvalue weighted by Crippen LogP contribution is 2.24. The van der Waals surface area contributed by atoms with Crippen molar-refractivity contribution in [3.8, 4) is 5.75 Å². The fourth-order valence-corrected chi connectivity index (χ4v) is 1.30. The lowest BCUT2D eigenvalue weighted by atomic mass is 10.2. The molecule has 0 saturated heterocycles. The topological polar surface area (TPSA) is 130 Å². The monoisotopic (exact) mass is 233 g/mol. The number of amides is 1. The van der Waals surface area contributed by atoms with Gasteiger partial charge in [-0.25, -0.2) is 0 Å². The Labute approximate surface area is 96.4 Å². The van der Waals surface area contributed by atoms with Crippen molar-refractivity contribution in [2.45, 2.75) is 0 Å². The molecule has 0 atom stereocenters. The molecule has 7 heteroatoms. The van der Waals surface area contributed by atoms with Gasteiger partial charge in [0.2, 0.25) is 0 Å². The average Bonchev–Trinajstić information content (AvgIpc) is 2.70. The number of anilines is 3. The number of H-pyrrole nitrogens is 1. The summed E-state index contributed by atoms with van der Waals surface area (Å²) < 4.78 is 0. The fraction of sp³-hybridized carbons (Fsp3) is 0. The first-order valence-electron chi connectivity index (χ1n) is 4.76. The first-order valence-corrected chi connectivity index (χ1v) is 4.76. The summed E-state index contributed by atoms with van der Waals surface area (Å²) >= 11 is 0. The zero-order chi connectivity index (χ0) is 12.4. The molecule has 0 aliphatic carbocycles. The Bertz CT molecular complexity index is 564. The van der Waals surface area contributed by atoms with E-state index in [4.69, 9.17) is 11.5 Å². The molecule has 2 aromatic rings. The van der Waals surface area contributed by atoms with E-state index in [0.29, 0.717) is 5.69 Å². The SMILES string of the molecule is Nc1ccc(NC(=O)c2cn[nH]c2N)cc1O. The molecule has 1 aromatic carbocycles. The molecule has 88 valence electrons. The maximum absolute atomic E-state index is 11.7. The highest BCUT2D eigenvalue weighted by atomic mass is 16.3. The number of nitrogens with one attached hydrogen (secondary N) is 2. The second-order valence-corrected chi connectivity index (χ2v) is 3.43. The number of nitrogen functional groups attached to an aromatic ring is 2. The maximum Gasteiger partial charge on any atom is 0.261 e. The van der Waals surface area contributed by atoms with Crippen LogP contribution in [-0.2, 0) is 0 Å². The summed E-state index contributed by atoms with van der Waals surface area (Å²) in [6.45, 7) is 0. The predicted octanol–water partition coefficient (Wildman–Crippen LogP) is 0.532. The quantitative estimate of drug-likeness (QED) is 0.381. The third-order valence-corrected chi connectivity index (χ3v) is 2.20. The second-order valence-electron chi connectivity index (χ2n) is 3.43. The first-order chi connectivity index (χ1) is 8.08. The van der Waals surface area contributed by atoms with Crippen molar-refractivity contribution in [1.29, 1.82) is 0 Å². The van der Waals surface area contributed by atoms with E-state index < -0.39 is 5.91 Å². The molecule has 0 saturated carbocycles. The molecule has 2 rings (SSSR count). The van der Waals surface area contributed by atoms with Gasteiger partial charge in [-0.2, -0.15) is 5.10 Å². The Morgan fingerprint density at radius 2 is 2.18 bits per heavy atom. The van der Waals surface area contributed by atoms with Gasteiger partial charge in [-0.05, 0) is 12.1 Å².